The van der Waals surface area contributed by atoms with Gasteiger partial charge in [-0.1, -0.05) is 6.07 Å². The molecule has 1 aromatic rings. The monoisotopic (exact) mass is 308 g/mol. The summed E-state index contributed by atoms with van der Waals surface area (Å²) < 4.78 is 23.3. The minimum Gasteiger partial charge on any atom is -0.385 e. The molecule has 2 aliphatic rings. The summed E-state index contributed by atoms with van der Waals surface area (Å²) in [5.41, 5.74) is 2.83. The molecule has 21 heavy (non-hydrogen) atoms. The summed E-state index contributed by atoms with van der Waals surface area (Å²) in [6.45, 7) is 1.76. The van der Waals surface area contributed by atoms with E-state index in [-0.39, 0.29) is 17.4 Å². The molecule has 6 heteroatoms. The third-order valence-electron chi connectivity index (χ3n) is 4.17. The van der Waals surface area contributed by atoms with Crippen molar-refractivity contribution in [2.24, 2.45) is 0 Å². The van der Waals surface area contributed by atoms with Crippen LogP contribution in [0.15, 0.2) is 18.2 Å². The van der Waals surface area contributed by atoms with Crippen LogP contribution in [0.2, 0.25) is 0 Å². The molecule has 0 aromatic heterocycles. The first-order chi connectivity index (χ1) is 10.1. The van der Waals surface area contributed by atoms with Gasteiger partial charge in [-0.25, -0.2) is 8.42 Å². The van der Waals surface area contributed by atoms with Crippen molar-refractivity contribution in [3.63, 3.8) is 0 Å². The summed E-state index contributed by atoms with van der Waals surface area (Å²) in [7, 11) is -2.99. The Kier molecular flexibility index (Phi) is 3.89. The average molecular weight is 308 g/mol. The zero-order valence-electron chi connectivity index (χ0n) is 12.0. The van der Waals surface area contributed by atoms with Crippen LogP contribution in [-0.2, 0) is 16.3 Å². The fourth-order valence-corrected chi connectivity index (χ4v) is 4.29. The Hall–Kier alpha value is -1.56. The fourth-order valence-electron chi connectivity index (χ4n) is 3.02. The fraction of sp³-hybridized carbons (Fsp3) is 0.533. The number of nitrogens with one attached hydrogen (secondary N) is 1. The van der Waals surface area contributed by atoms with E-state index < -0.39 is 9.84 Å². The first kappa shape index (κ1) is 14.4. The molecule has 0 radical (unpaired) electrons. The predicted molar refractivity (Wildman–Crippen MR) is 82.4 cm³/mol. The summed E-state index contributed by atoms with van der Waals surface area (Å²) in [5.74, 6) is 0.227. The van der Waals surface area contributed by atoms with Crippen LogP contribution >= 0.6 is 0 Å². The van der Waals surface area contributed by atoms with E-state index in [1.165, 1.54) is 0 Å². The Bertz CT molecular complexity index is 655. The van der Waals surface area contributed by atoms with Gasteiger partial charge in [0.05, 0.1) is 11.5 Å². The van der Waals surface area contributed by atoms with Crippen LogP contribution in [0.25, 0.3) is 0 Å². The summed E-state index contributed by atoms with van der Waals surface area (Å²) in [5, 5.41) is 3.32. The molecule has 0 saturated carbocycles. The van der Waals surface area contributed by atoms with Gasteiger partial charge in [0.2, 0.25) is 0 Å². The number of carbonyl (C=O) groups is 1. The van der Waals surface area contributed by atoms with Gasteiger partial charge in [0.1, 0.15) is 0 Å². The van der Waals surface area contributed by atoms with E-state index in [0.717, 1.165) is 36.2 Å². The molecule has 2 aliphatic heterocycles. The molecular weight excluding hydrogens is 288 g/mol. The van der Waals surface area contributed by atoms with E-state index in [2.05, 4.69) is 5.32 Å². The van der Waals surface area contributed by atoms with E-state index in [0.29, 0.717) is 19.5 Å². The van der Waals surface area contributed by atoms with Gasteiger partial charge in [0, 0.05) is 30.9 Å². The maximum Gasteiger partial charge on any atom is 0.254 e. The maximum absolute atomic E-state index is 12.7. The highest BCUT2D eigenvalue weighted by Crippen LogP contribution is 2.26. The molecule has 0 unspecified atom stereocenters. The van der Waals surface area contributed by atoms with Crippen molar-refractivity contribution in [1.82, 2.24) is 4.90 Å². The average Bonchev–Trinajstić information content (AvgIpc) is 2.67. The molecular formula is C15H20N2O3S. The third-order valence-corrected chi connectivity index (χ3v) is 5.88. The number of fused-ring (bicyclic) bond motifs is 1. The minimum absolute atomic E-state index is 0.0346. The smallest absolute Gasteiger partial charge is 0.254 e. The van der Waals surface area contributed by atoms with Crippen LogP contribution in [0.3, 0.4) is 0 Å². The summed E-state index contributed by atoms with van der Waals surface area (Å²) in [6.07, 6.45) is 2.45. The SMILES string of the molecule is O=C(c1cccc2c1CCCN2)N1CCCS(=O)(=O)CC1. The quantitative estimate of drug-likeness (QED) is 0.849. The number of hydrogen-bond donors (Lipinski definition) is 1. The standard InChI is InChI=1S/C15H20N2O3S/c18-15(17-8-3-10-21(19,20)11-9-17)13-4-1-6-14-12(13)5-2-7-16-14/h1,4,6,16H,2-3,5,7-11H2. The number of amides is 1. The molecule has 5 nitrogen and oxygen atoms in total. The Morgan fingerprint density at radius 2 is 2.00 bits per heavy atom. The highest BCUT2D eigenvalue weighted by atomic mass is 32.2. The molecule has 1 aromatic carbocycles. The van der Waals surface area contributed by atoms with Crippen molar-refractivity contribution in [3.05, 3.63) is 29.3 Å². The van der Waals surface area contributed by atoms with Gasteiger partial charge < -0.3 is 10.2 Å². The molecule has 0 bridgehead atoms. The Labute approximate surface area is 125 Å². The first-order valence-electron chi connectivity index (χ1n) is 7.42. The highest BCUT2D eigenvalue weighted by Gasteiger charge is 2.25. The number of benzene rings is 1. The third kappa shape index (κ3) is 3.05. The van der Waals surface area contributed by atoms with Crippen LogP contribution in [0.1, 0.15) is 28.8 Å². The Morgan fingerprint density at radius 3 is 2.86 bits per heavy atom. The number of nitrogens with zero attached hydrogens (tertiary/aromatic N) is 1. The number of sulfone groups is 1. The largest absolute Gasteiger partial charge is 0.385 e. The van der Waals surface area contributed by atoms with Crippen molar-refractivity contribution in [2.45, 2.75) is 19.3 Å². The van der Waals surface area contributed by atoms with Crippen LogP contribution < -0.4 is 5.32 Å². The lowest BCUT2D eigenvalue weighted by molar-refractivity contribution is 0.0767. The molecule has 0 spiro atoms. The number of anilines is 1. The number of rotatable bonds is 1. The van der Waals surface area contributed by atoms with E-state index in [9.17, 15) is 13.2 Å². The molecule has 1 N–H and O–H groups in total. The summed E-state index contributed by atoms with van der Waals surface area (Å²) in [6, 6.07) is 5.74. The van der Waals surface area contributed by atoms with Gasteiger partial charge in [-0.2, -0.15) is 0 Å². The van der Waals surface area contributed by atoms with Crippen LogP contribution in [-0.4, -0.2) is 50.4 Å². The van der Waals surface area contributed by atoms with Crippen LogP contribution in [0.5, 0.6) is 0 Å². The van der Waals surface area contributed by atoms with E-state index in [4.69, 9.17) is 0 Å². The molecule has 3 rings (SSSR count). The minimum atomic E-state index is -2.99. The lowest BCUT2D eigenvalue weighted by Crippen LogP contribution is -2.34. The molecule has 1 amide bonds. The van der Waals surface area contributed by atoms with E-state index in [1.807, 2.05) is 18.2 Å². The zero-order chi connectivity index (χ0) is 14.9. The molecule has 0 aliphatic carbocycles. The molecule has 114 valence electrons. The second-order valence-corrected chi connectivity index (χ2v) is 7.96. The second kappa shape index (κ2) is 5.67. The van der Waals surface area contributed by atoms with Gasteiger partial charge in [0.15, 0.2) is 9.84 Å². The van der Waals surface area contributed by atoms with Crippen molar-refractivity contribution in [3.8, 4) is 0 Å². The van der Waals surface area contributed by atoms with Gasteiger partial charge in [0.25, 0.3) is 5.91 Å². The van der Waals surface area contributed by atoms with Crippen LogP contribution in [0.4, 0.5) is 5.69 Å². The van der Waals surface area contributed by atoms with E-state index in [1.54, 1.807) is 4.90 Å². The van der Waals surface area contributed by atoms with Crippen molar-refractivity contribution in [2.75, 3.05) is 36.5 Å². The number of carbonyl (C=O) groups excluding carboxylic acids is 1. The van der Waals surface area contributed by atoms with Crippen LogP contribution in [0, 0.1) is 0 Å². The van der Waals surface area contributed by atoms with Gasteiger partial charge in [-0.3, -0.25) is 4.79 Å². The Balaban J connectivity index is 1.85. The van der Waals surface area contributed by atoms with E-state index >= 15 is 0 Å². The molecule has 2 heterocycles. The normalized spacial score (nSPS) is 21.0. The maximum atomic E-state index is 12.7. The zero-order valence-corrected chi connectivity index (χ0v) is 12.8. The summed E-state index contributed by atoms with van der Waals surface area (Å²) in [4.78, 5) is 14.4. The summed E-state index contributed by atoms with van der Waals surface area (Å²) >= 11 is 0. The molecule has 1 fully saturated rings. The first-order valence-corrected chi connectivity index (χ1v) is 9.24. The second-order valence-electron chi connectivity index (χ2n) is 5.66. The molecule has 0 atom stereocenters. The lowest BCUT2D eigenvalue weighted by atomic mass is 9.97. The number of hydrogen-bond acceptors (Lipinski definition) is 4. The lowest BCUT2D eigenvalue weighted by Gasteiger charge is -2.25. The predicted octanol–water partition coefficient (Wildman–Crippen LogP) is 1.31. The van der Waals surface area contributed by atoms with Gasteiger partial charge in [-0.15, -0.1) is 0 Å². The van der Waals surface area contributed by atoms with Crippen molar-refractivity contribution >= 4 is 21.4 Å². The Morgan fingerprint density at radius 1 is 1.14 bits per heavy atom. The topological polar surface area (TPSA) is 66.5 Å². The van der Waals surface area contributed by atoms with Gasteiger partial charge >= 0.3 is 0 Å². The van der Waals surface area contributed by atoms with Crippen molar-refractivity contribution < 1.29 is 13.2 Å². The highest BCUT2D eigenvalue weighted by molar-refractivity contribution is 7.91. The molecule has 1 saturated heterocycles. The van der Waals surface area contributed by atoms with Gasteiger partial charge in [-0.05, 0) is 37.0 Å². The van der Waals surface area contributed by atoms with Crippen molar-refractivity contribution in [1.29, 1.82) is 0 Å².